The van der Waals surface area contributed by atoms with Crippen LogP contribution in [0.2, 0.25) is 10.0 Å². The number of esters is 1. The first kappa shape index (κ1) is 25.5. The molecule has 174 valence electrons. The number of methoxy groups -OCH3 is 1. The first-order valence-electron chi connectivity index (χ1n) is 9.90. The van der Waals surface area contributed by atoms with E-state index in [4.69, 9.17) is 37.4 Å². The Hall–Kier alpha value is -2.71. The molecule has 0 unspecified atom stereocenters. The Bertz CT molecular complexity index is 969. The van der Waals surface area contributed by atoms with Crippen molar-refractivity contribution in [2.24, 2.45) is 5.92 Å². The second-order valence-corrected chi connectivity index (χ2v) is 8.29. The van der Waals surface area contributed by atoms with Crippen LogP contribution in [-0.4, -0.2) is 47.3 Å². The monoisotopic (exact) mass is 484 g/mol. The first-order chi connectivity index (χ1) is 15.0. The van der Waals surface area contributed by atoms with Gasteiger partial charge in [0.2, 0.25) is 0 Å². The van der Waals surface area contributed by atoms with Gasteiger partial charge in [-0.1, -0.05) is 37.0 Å². The molecule has 0 aliphatic rings. The lowest BCUT2D eigenvalue weighted by Crippen LogP contribution is -2.45. The van der Waals surface area contributed by atoms with Gasteiger partial charge in [0.1, 0.15) is 24.0 Å². The molecule has 0 aliphatic carbocycles. The van der Waals surface area contributed by atoms with Crippen LogP contribution in [0.15, 0.2) is 30.5 Å². The Morgan fingerprint density at radius 1 is 1.09 bits per heavy atom. The van der Waals surface area contributed by atoms with Gasteiger partial charge in [0.05, 0.1) is 12.1 Å². The van der Waals surface area contributed by atoms with E-state index < -0.39 is 35.9 Å². The van der Waals surface area contributed by atoms with E-state index in [9.17, 15) is 14.7 Å². The number of carbonyl (C=O) groups excluding carboxylic acids is 2. The number of aromatic nitrogens is 1. The van der Waals surface area contributed by atoms with Crippen LogP contribution in [0.4, 0.5) is 0 Å². The summed E-state index contributed by atoms with van der Waals surface area (Å²) in [5.41, 5.74) is -0.265. The summed E-state index contributed by atoms with van der Waals surface area (Å²) in [6.07, 6.45) is 0.146. The average Bonchev–Trinajstić information content (AvgIpc) is 2.73. The van der Waals surface area contributed by atoms with Crippen molar-refractivity contribution in [3.05, 3.63) is 46.2 Å². The van der Waals surface area contributed by atoms with Crippen molar-refractivity contribution in [1.29, 1.82) is 0 Å². The molecule has 0 spiro atoms. The summed E-state index contributed by atoms with van der Waals surface area (Å²) in [5.74, 6) is -1.43. The van der Waals surface area contributed by atoms with Gasteiger partial charge in [-0.2, -0.15) is 0 Å². The summed E-state index contributed by atoms with van der Waals surface area (Å²) < 4.78 is 16.5. The Kier molecular flexibility index (Phi) is 8.98. The number of nitrogens with one attached hydrogen (secondary N) is 1. The smallest absolute Gasteiger partial charge is 0.328 e. The maximum Gasteiger partial charge on any atom is 0.328 e. The zero-order chi connectivity index (χ0) is 24.0. The number of amides is 1. The SMILES string of the molecule is COc1ccnc(C(=O)N[C@@H](C)C(=O)O[C@H](C(C)C)[C@H](C)Oc2ccc(Cl)cc2Cl)c1O. The Labute approximate surface area is 196 Å². The number of carbonyl (C=O) groups is 2. The number of hydrogen-bond donors (Lipinski definition) is 2. The fourth-order valence-corrected chi connectivity index (χ4v) is 3.39. The number of ether oxygens (including phenoxy) is 3. The molecular formula is C22H26Cl2N2O6. The molecule has 0 radical (unpaired) electrons. The van der Waals surface area contributed by atoms with Crippen LogP contribution in [0.1, 0.15) is 38.2 Å². The van der Waals surface area contributed by atoms with E-state index >= 15 is 0 Å². The van der Waals surface area contributed by atoms with Crippen molar-refractivity contribution in [2.45, 2.75) is 45.9 Å². The van der Waals surface area contributed by atoms with Gasteiger partial charge in [0, 0.05) is 17.3 Å². The van der Waals surface area contributed by atoms with E-state index in [2.05, 4.69) is 10.3 Å². The van der Waals surface area contributed by atoms with Crippen LogP contribution < -0.4 is 14.8 Å². The fraction of sp³-hybridized carbons (Fsp3) is 0.409. The van der Waals surface area contributed by atoms with Crippen molar-refractivity contribution in [2.75, 3.05) is 7.11 Å². The van der Waals surface area contributed by atoms with Gasteiger partial charge in [0.25, 0.3) is 5.91 Å². The molecule has 3 atom stereocenters. The number of benzene rings is 1. The second kappa shape index (κ2) is 11.2. The van der Waals surface area contributed by atoms with Gasteiger partial charge >= 0.3 is 5.97 Å². The van der Waals surface area contributed by atoms with Crippen molar-refractivity contribution < 1.29 is 28.9 Å². The Morgan fingerprint density at radius 2 is 1.78 bits per heavy atom. The molecule has 1 aromatic heterocycles. The lowest BCUT2D eigenvalue weighted by Gasteiger charge is -2.29. The topological polar surface area (TPSA) is 107 Å². The van der Waals surface area contributed by atoms with Crippen molar-refractivity contribution in [3.8, 4) is 17.2 Å². The van der Waals surface area contributed by atoms with E-state index in [0.717, 1.165) is 0 Å². The van der Waals surface area contributed by atoms with E-state index in [-0.39, 0.29) is 17.4 Å². The molecule has 1 heterocycles. The summed E-state index contributed by atoms with van der Waals surface area (Å²) in [7, 11) is 1.35. The molecule has 0 bridgehead atoms. The minimum Gasteiger partial charge on any atom is -0.503 e. The van der Waals surface area contributed by atoms with Crippen LogP contribution in [-0.2, 0) is 9.53 Å². The van der Waals surface area contributed by atoms with E-state index in [1.807, 2.05) is 13.8 Å². The largest absolute Gasteiger partial charge is 0.503 e. The summed E-state index contributed by atoms with van der Waals surface area (Å²) in [6, 6.07) is 5.23. The van der Waals surface area contributed by atoms with Gasteiger partial charge in [-0.15, -0.1) is 0 Å². The Morgan fingerprint density at radius 3 is 2.38 bits per heavy atom. The third kappa shape index (κ3) is 6.40. The molecule has 8 nitrogen and oxygen atoms in total. The molecular weight excluding hydrogens is 459 g/mol. The highest BCUT2D eigenvalue weighted by Crippen LogP contribution is 2.30. The molecule has 32 heavy (non-hydrogen) atoms. The van der Waals surface area contributed by atoms with E-state index in [0.29, 0.717) is 15.8 Å². The normalized spacial score (nSPS) is 13.8. The van der Waals surface area contributed by atoms with Gasteiger partial charge in [-0.3, -0.25) is 4.79 Å². The van der Waals surface area contributed by atoms with Gasteiger partial charge in [0.15, 0.2) is 17.2 Å². The third-order valence-corrected chi connectivity index (χ3v) is 5.13. The number of hydrogen-bond acceptors (Lipinski definition) is 7. The summed E-state index contributed by atoms with van der Waals surface area (Å²) in [4.78, 5) is 29.0. The highest BCUT2D eigenvalue weighted by Gasteiger charge is 2.30. The van der Waals surface area contributed by atoms with Crippen LogP contribution >= 0.6 is 23.2 Å². The molecule has 0 aliphatic heterocycles. The Balaban J connectivity index is 2.06. The van der Waals surface area contributed by atoms with E-state index in [1.54, 1.807) is 25.1 Å². The summed E-state index contributed by atoms with van der Waals surface area (Å²) in [6.45, 7) is 6.98. The maximum atomic E-state index is 12.7. The molecule has 2 rings (SSSR count). The third-order valence-electron chi connectivity index (χ3n) is 4.60. The lowest BCUT2D eigenvalue weighted by atomic mass is 10.0. The van der Waals surface area contributed by atoms with Crippen molar-refractivity contribution >= 4 is 35.1 Å². The van der Waals surface area contributed by atoms with E-state index in [1.165, 1.54) is 26.3 Å². The maximum absolute atomic E-state index is 12.7. The molecule has 1 amide bonds. The lowest BCUT2D eigenvalue weighted by molar-refractivity contribution is -0.158. The number of nitrogens with zero attached hydrogens (tertiary/aromatic N) is 1. The quantitative estimate of drug-likeness (QED) is 0.512. The summed E-state index contributed by atoms with van der Waals surface area (Å²) >= 11 is 12.1. The van der Waals surface area contributed by atoms with Crippen LogP contribution in [0, 0.1) is 5.92 Å². The van der Waals surface area contributed by atoms with Crippen LogP contribution in [0.3, 0.4) is 0 Å². The summed E-state index contributed by atoms with van der Waals surface area (Å²) in [5, 5.41) is 13.4. The first-order valence-corrected chi connectivity index (χ1v) is 10.7. The fourth-order valence-electron chi connectivity index (χ4n) is 2.94. The van der Waals surface area contributed by atoms with Crippen LogP contribution in [0.5, 0.6) is 17.2 Å². The van der Waals surface area contributed by atoms with Gasteiger partial charge in [-0.25, -0.2) is 9.78 Å². The number of halogens is 2. The zero-order valence-electron chi connectivity index (χ0n) is 18.4. The number of pyridine rings is 1. The molecule has 0 saturated carbocycles. The molecule has 10 heteroatoms. The number of rotatable bonds is 9. The number of aromatic hydroxyl groups is 1. The average molecular weight is 485 g/mol. The second-order valence-electron chi connectivity index (χ2n) is 7.45. The molecule has 1 aromatic carbocycles. The standard InChI is InChI=1S/C22H26Cl2N2O6/c1-11(2)20(13(4)31-16-7-6-14(23)10-15(16)24)32-22(29)12(3)26-21(28)18-19(27)17(30-5)8-9-25-18/h6-13,20,27H,1-5H3,(H,26,28)/t12-,13-,20+/m0/s1. The predicted octanol–water partition coefficient (Wildman–Crippen LogP) is 4.26. The molecule has 2 aromatic rings. The van der Waals surface area contributed by atoms with Crippen LogP contribution in [0.25, 0.3) is 0 Å². The predicted molar refractivity (Wildman–Crippen MR) is 121 cm³/mol. The minimum atomic E-state index is -1.01. The molecule has 2 N–H and O–H groups in total. The van der Waals surface area contributed by atoms with Gasteiger partial charge < -0.3 is 24.6 Å². The van der Waals surface area contributed by atoms with Crippen molar-refractivity contribution in [1.82, 2.24) is 10.3 Å². The van der Waals surface area contributed by atoms with Crippen molar-refractivity contribution in [3.63, 3.8) is 0 Å². The molecule has 0 saturated heterocycles. The highest BCUT2D eigenvalue weighted by molar-refractivity contribution is 6.35. The minimum absolute atomic E-state index is 0.0899. The zero-order valence-corrected chi connectivity index (χ0v) is 19.9. The molecule has 0 fully saturated rings. The highest BCUT2D eigenvalue weighted by atomic mass is 35.5. The van der Waals surface area contributed by atoms with Gasteiger partial charge in [-0.05, 0) is 38.0 Å².